The van der Waals surface area contributed by atoms with Gasteiger partial charge >= 0.3 is 6.09 Å². The van der Waals surface area contributed by atoms with Crippen LogP contribution in [0, 0.1) is 16.7 Å². The summed E-state index contributed by atoms with van der Waals surface area (Å²) >= 11 is 0. The lowest BCUT2D eigenvalue weighted by Gasteiger charge is -2.44. The fourth-order valence-corrected chi connectivity index (χ4v) is 2.94. The van der Waals surface area contributed by atoms with Crippen LogP contribution in [0.3, 0.4) is 0 Å². The van der Waals surface area contributed by atoms with Gasteiger partial charge in [0.2, 0.25) is 5.67 Å². The molecular formula is C16H24FN3O4. The van der Waals surface area contributed by atoms with Crippen molar-refractivity contribution >= 4 is 12.0 Å². The SMILES string of the molecule is C[C@@H](CC#N)NC(=O)[C@@]1(F)CN(C(=O)OC(C)(C)C)CC12COC2. The summed E-state index contributed by atoms with van der Waals surface area (Å²) < 4.78 is 26.0. The lowest BCUT2D eigenvalue weighted by molar-refractivity contribution is -0.180. The Kier molecular flexibility index (Phi) is 4.77. The van der Waals surface area contributed by atoms with Crippen molar-refractivity contribution in [3.63, 3.8) is 0 Å². The number of nitrogens with one attached hydrogen (secondary N) is 1. The Balaban J connectivity index is 2.15. The Morgan fingerprint density at radius 2 is 2.04 bits per heavy atom. The minimum absolute atomic E-state index is 0.0679. The van der Waals surface area contributed by atoms with Gasteiger partial charge in [-0.25, -0.2) is 9.18 Å². The van der Waals surface area contributed by atoms with E-state index < -0.39 is 34.7 Å². The number of amides is 2. The topological polar surface area (TPSA) is 91.7 Å². The molecule has 2 rings (SSSR count). The van der Waals surface area contributed by atoms with E-state index >= 15 is 4.39 Å². The molecule has 1 spiro atoms. The molecule has 2 amide bonds. The average Bonchev–Trinajstić information content (AvgIpc) is 2.72. The van der Waals surface area contributed by atoms with Crippen LogP contribution in [0.4, 0.5) is 9.18 Å². The second-order valence-electron chi connectivity index (χ2n) is 7.65. The Morgan fingerprint density at radius 3 is 2.50 bits per heavy atom. The van der Waals surface area contributed by atoms with Crippen molar-refractivity contribution in [3.05, 3.63) is 0 Å². The zero-order chi connectivity index (χ0) is 18.2. The van der Waals surface area contributed by atoms with Crippen molar-refractivity contribution in [2.24, 2.45) is 5.41 Å². The first-order valence-corrected chi connectivity index (χ1v) is 7.95. The summed E-state index contributed by atoms with van der Waals surface area (Å²) in [6.07, 6.45) is -0.563. The van der Waals surface area contributed by atoms with Crippen molar-refractivity contribution in [2.75, 3.05) is 26.3 Å². The van der Waals surface area contributed by atoms with Crippen molar-refractivity contribution < 1.29 is 23.5 Å². The van der Waals surface area contributed by atoms with E-state index in [9.17, 15) is 9.59 Å². The Labute approximate surface area is 141 Å². The quantitative estimate of drug-likeness (QED) is 0.837. The number of carbonyl (C=O) groups is 2. The molecule has 0 saturated carbocycles. The minimum atomic E-state index is -2.26. The Morgan fingerprint density at radius 1 is 1.42 bits per heavy atom. The number of likely N-dealkylation sites (tertiary alicyclic amines) is 1. The van der Waals surface area contributed by atoms with Gasteiger partial charge in [0.05, 0.1) is 37.7 Å². The van der Waals surface area contributed by atoms with Gasteiger partial charge in [-0.1, -0.05) is 0 Å². The van der Waals surface area contributed by atoms with Gasteiger partial charge in [0.15, 0.2) is 0 Å². The summed E-state index contributed by atoms with van der Waals surface area (Å²) in [6.45, 7) is 6.64. The number of nitrogens with zero attached hydrogens (tertiary/aromatic N) is 2. The number of hydrogen-bond donors (Lipinski definition) is 1. The van der Waals surface area contributed by atoms with Crippen LogP contribution in [0.5, 0.6) is 0 Å². The summed E-state index contributed by atoms with van der Waals surface area (Å²) in [6, 6.07) is 1.46. The fourth-order valence-electron chi connectivity index (χ4n) is 2.94. The minimum Gasteiger partial charge on any atom is -0.444 e. The molecule has 2 fully saturated rings. The largest absolute Gasteiger partial charge is 0.444 e. The van der Waals surface area contributed by atoms with Gasteiger partial charge in [0, 0.05) is 12.6 Å². The standard InChI is InChI=1S/C16H24FN3O4/c1-11(5-6-18)19-12(21)16(17)8-20(7-15(16)9-23-10-15)13(22)24-14(2,3)4/h11H,5,7-10H2,1-4H3,(H,19,21)/t11-,16-/m0/s1. The Hall–Kier alpha value is -1.88. The molecule has 24 heavy (non-hydrogen) atoms. The summed E-state index contributed by atoms with van der Waals surface area (Å²) in [5, 5.41) is 11.2. The molecule has 0 unspecified atom stereocenters. The molecule has 2 aliphatic heterocycles. The van der Waals surface area contributed by atoms with Gasteiger partial charge in [-0.2, -0.15) is 5.26 Å². The lowest BCUT2D eigenvalue weighted by atomic mass is 9.73. The van der Waals surface area contributed by atoms with E-state index in [1.165, 1.54) is 4.90 Å². The molecule has 0 aromatic rings. The molecule has 7 nitrogen and oxygen atoms in total. The maximum atomic E-state index is 15.6. The van der Waals surface area contributed by atoms with Gasteiger partial charge in [-0.15, -0.1) is 0 Å². The van der Waals surface area contributed by atoms with Crippen molar-refractivity contribution in [1.29, 1.82) is 5.26 Å². The van der Waals surface area contributed by atoms with Crippen LogP contribution in [0.2, 0.25) is 0 Å². The number of halogens is 1. The molecule has 0 aromatic heterocycles. The molecule has 2 aliphatic rings. The molecule has 0 radical (unpaired) electrons. The first-order valence-electron chi connectivity index (χ1n) is 7.95. The van der Waals surface area contributed by atoms with Crippen LogP contribution in [0.15, 0.2) is 0 Å². The highest BCUT2D eigenvalue weighted by Gasteiger charge is 2.68. The number of nitriles is 1. The highest BCUT2D eigenvalue weighted by molar-refractivity contribution is 5.88. The number of ether oxygens (including phenoxy) is 2. The van der Waals surface area contributed by atoms with E-state index in [1.807, 2.05) is 6.07 Å². The molecule has 0 aromatic carbocycles. The van der Waals surface area contributed by atoms with E-state index in [4.69, 9.17) is 14.7 Å². The third-order valence-electron chi connectivity index (χ3n) is 4.29. The van der Waals surface area contributed by atoms with Crippen molar-refractivity contribution in [1.82, 2.24) is 10.2 Å². The van der Waals surface area contributed by atoms with Crippen molar-refractivity contribution in [3.8, 4) is 6.07 Å². The summed E-state index contributed by atoms with van der Waals surface area (Å²) in [7, 11) is 0. The van der Waals surface area contributed by atoms with Crippen LogP contribution in [0.1, 0.15) is 34.1 Å². The third kappa shape index (κ3) is 3.31. The maximum absolute atomic E-state index is 15.6. The molecule has 2 heterocycles. The molecule has 8 heteroatoms. The van der Waals surface area contributed by atoms with Gasteiger partial charge in [-0.05, 0) is 27.7 Å². The van der Waals surface area contributed by atoms with Crippen LogP contribution >= 0.6 is 0 Å². The molecule has 134 valence electrons. The highest BCUT2D eigenvalue weighted by atomic mass is 19.1. The van der Waals surface area contributed by atoms with Gasteiger partial charge in [-0.3, -0.25) is 4.79 Å². The number of rotatable bonds is 3. The second kappa shape index (κ2) is 6.20. The van der Waals surface area contributed by atoms with Gasteiger partial charge in [0.25, 0.3) is 5.91 Å². The van der Waals surface area contributed by atoms with E-state index in [1.54, 1.807) is 27.7 Å². The molecule has 0 aliphatic carbocycles. The molecule has 2 atom stereocenters. The number of alkyl halides is 1. The zero-order valence-corrected chi connectivity index (χ0v) is 14.5. The first-order chi connectivity index (χ1) is 11.0. The van der Waals surface area contributed by atoms with Crippen LogP contribution in [-0.2, 0) is 14.3 Å². The van der Waals surface area contributed by atoms with E-state index in [0.29, 0.717) is 0 Å². The zero-order valence-electron chi connectivity index (χ0n) is 14.5. The number of hydrogen-bond acceptors (Lipinski definition) is 5. The first kappa shape index (κ1) is 18.5. The molecule has 0 bridgehead atoms. The normalized spacial score (nSPS) is 26.4. The van der Waals surface area contributed by atoms with Crippen LogP contribution < -0.4 is 5.32 Å². The third-order valence-corrected chi connectivity index (χ3v) is 4.29. The van der Waals surface area contributed by atoms with E-state index in [0.717, 1.165) is 0 Å². The predicted octanol–water partition coefficient (Wildman–Crippen LogP) is 1.38. The average molecular weight is 341 g/mol. The molecular weight excluding hydrogens is 317 g/mol. The van der Waals surface area contributed by atoms with Crippen LogP contribution in [0.25, 0.3) is 0 Å². The summed E-state index contributed by atoms with van der Waals surface area (Å²) in [5.41, 5.74) is -4.02. The highest BCUT2D eigenvalue weighted by Crippen LogP contribution is 2.48. The van der Waals surface area contributed by atoms with Gasteiger partial charge in [0.1, 0.15) is 5.60 Å². The van der Waals surface area contributed by atoms with Crippen molar-refractivity contribution in [2.45, 2.75) is 51.4 Å². The van der Waals surface area contributed by atoms with Gasteiger partial charge < -0.3 is 19.7 Å². The predicted molar refractivity (Wildman–Crippen MR) is 82.7 cm³/mol. The monoisotopic (exact) mass is 341 g/mol. The number of carbonyl (C=O) groups excluding carboxylic acids is 2. The maximum Gasteiger partial charge on any atom is 0.410 e. The Bertz CT molecular complexity index is 565. The summed E-state index contributed by atoms with van der Waals surface area (Å²) in [4.78, 5) is 26.0. The van der Waals surface area contributed by atoms with E-state index in [2.05, 4.69) is 5.32 Å². The van der Waals surface area contributed by atoms with E-state index in [-0.39, 0.29) is 32.7 Å². The van der Waals surface area contributed by atoms with Crippen LogP contribution in [-0.4, -0.2) is 60.5 Å². The second-order valence-corrected chi connectivity index (χ2v) is 7.65. The smallest absolute Gasteiger partial charge is 0.410 e. The lowest BCUT2D eigenvalue weighted by Crippen LogP contribution is -2.64. The fraction of sp³-hybridized carbons (Fsp3) is 0.812. The summed E-state index contributed by atoms with van der Waals surface area (Å²) in [5.74, 6) is -0.806. The molecule has 2 saturated heterocycles. The molecule has 1 N–H and O–H groups in total.